The zero-order valence-electron chi connectivity index (χ0n) is 8.01. The van der Waals surface area contributed by atoms with Gasteiger partial charge in [-0.15, -0.1) is 0 Å². The molecule has 0 saturated heterocycles. The van der Waals surface area contributed by atoms with Crippen molar-refractivity contribution < 1.29 is 1.37 Å². The van der Waals surface area contributed by atoms with Crippen LogP contribution in [0, 0.1) is 0 Å². The zero-order valence-corrected chi connectivity index (χ0v) is 7.01. The number of nitrogens with zero attached hydrogens (tertiary/aromatic N) is 3. The molecule has 0 unspecified atom stereocenters. The summed E-state index contributed by atoms with van der Waals surface area (Å²) in [5.74, 6) is 0.635. The molecular weight excluding hydrogens is 162 g/mol. The smallest absolute Gasteiger partial charge is 0.136 e. The predicted octanol–water partition coefficient (Wildman–Crippen LogP) is 1.46. The highest BCUT2D eigenvalue weighted by molar-refractivity contribution is 5.18. The highest BCUT2D eigenvalue weighted by Crippen LogP contribution is 2.02. The topological polar surface area (TPSA) is 38.7 Å². The van der Waals surface area contributed by atoms with Crippen LogP contribution in [-0.2, 0) is 6.42 Å². The third-order valence-electron chi connectivity index (χ3n) is 1.71. The Morgan fingerprint density at radius 2 is 2.00 bits per heavy atom. The van der Waals surface area contributed by atoms with Gasteiger partial charge in [0.05, 0.1) is 0 Å². The van der Waals surface area contributed by atoms with Gasteiger partial charge in [0.2, 0.25) is 0 Å². The van der Waals surface area contributed by atoms with E-state index in [0.29, 0.717) is 12.2 Å². The summed E-state index contributed by atoms with van der Waals surface area (Å²) in [7, 11) is 0. The molecule has 0 spiro atoms. The van der Waals surface area contributed by atoms with E-state index < -0.39 is 0 Å². The van der Waals surface area contributed by atoms with Crippen molar-refractivity contribution >= 4 is 0 Å². The van der Waals surface area contributed by atoms with Gasteiger partial charge in [0.15, 0.2) is 0 Å². The first-order valence-corrected chi connectivity index (χ1v) is 4.03. The lowest BCUT2D eigenvalue weighted by Gasteiger charge is -1.97. The number of hydrogen-bond acceptors (Lipinski definition) is 3. The third kappa shape index (κ3) is 2.08. The molecule has 0 fully saturated rings. The standard InChI is InChI=1S/C10H9N3/c1-2-4-9(5-3-1)6-10-12-7-11-8-13-10/h1-5,7-8H,6H2/i7T. The fourth-order valence-corrected chi connectivity index (χ4v) is 1.10. The lowest BCUT2D eigenvalue weighted by atomic mass is 10.1. The van der Waals surface area contributed by atoms with Gasteiger partial charge in [-0.3, -0.25) is 0 Å². The van der Waals surface area contributed by atoms with Crippen LogP contribution in [0.4, 0.5) is 0 Å². The zero-order chi connectivity index (χ0) is 9.80. The third-order valence-corrected chi connectivity index (χ3v) is 1.71. The number of rotatable bonds is 2. The second-order valence-corrected chi connectivity index (χ2v) is 2.66. The van der Waals surface area contributed by atoms with E-state index in [1.807, 2.05) is 30.3 Å². The van der Waals surface area contributed by atoms with E-state index in [1.165, 1.54) is 6.33 Å². The average molecular weight is 173 g/mol. The van der Waals surface area contributed by atoms with Gasteiger partial charge in [0, 0.05) is 6.42 Å². The maximum Gasteiger partial charge on any atom is 0.136 e. The van der Waals surface area contributed by atoms with Crippen molar-refractivity contribution in [1.29, 1.82) is 0 Å². The minimum absolute atomic E-state index is 0.0194. The molecule has 13 heavy (non-hydrogen) atoms. The highest BCUT2D eigenvalue weighted by atomic mass is 15.0. The molecule has 1 heterocycles. The van der Waals surface area contributed by atoms with Crippen molar-refractivity contribution in [2.24, 2.45) is 0 Å². The van der Waals surface area contributed by atoms with Gasteiger partial charge in [-0.25, -0.2) is 15.0 Å². The molecular formula is C10H9N3. The Balaban J connectivity index is 2.19. The van der Waals surface area contributed by atoms with E-state index in [9.17, 15) is 0 Å². The summed E-state index contributed by atoms with van der Waals surface area (Å²) in [5, 5.41) is 0. The number of benzene rings is 1. The summed E-state index contributed by atoms with van der Waals surface area (Å²) in [4.78, 5) is 11.5. The van der Waals surface area contributed by atoms with Gasteiger partial charge in [-0.05, 0) is 5.56 Å². The summed E-state index contributed by atoms with van der Waals surface area (Å²) in [5.41, 5.74) is 1.14. The Morgan fingerprint density at radius 1 is 1.15 bits per heavy atom. The quantitative estimate of drug-likeness (QED) is 0.690. The molecule has 1 aromatic heterocycles. The van der Waals surface area contributed by atoms with Crippen LogP contribution < -0.4 is 0 Å². The Hall–Kier alpha value is -1.77. The van der Waals surface area contributed by atoms with Gasteiger partial charge < -0.3 is 0 Å². The maximum atomic E-state index is 7.24. The first-order chi connectivity index (χ1) is 6.84. The van der Waals surface area contributed by atoms with Crippen molar-refractivity contribution in [2.45, 2.75) is 6.42 Å². The minimum Gasteiger partial charge on any atom is -0.225 e. The SMILES string of the molecule is [3H]c1ncnc(Cc2ccccc2)n1. The first kappa shape index (κ1) is 6.71. The predicted molar refractivity (Wildman–Crippen MR) is 49.1 cm³/mol. The van der Waals surface area contributed by atoms with Crippen LogP contribution in [0.25, 0.3) is 0 Å². The lowest BCUT2D eigenvalue weighted by molar-refractivity contribution is 0.918. The van der Waals surface area contributed by atoms with E-state index in [4.69, 9.17) is 1.37 Å². The van der Waals surface area contributed by atoms with Gasteiger partial charge in [-0.1, -0.05) is 30.3 Å². The van der Waals surface area contributed by atoms with E-state index in [1.54, 1.807) is 0 Å². The first-order valence-electron chi connectivity index (χ1n) is 4.53. The van der Waals surface area contributed by atoms with Crippen LogP contribution in [0.2, 0.25) is 0 Å². The van der Waals surface area contributed by atoms with Crippen molar-refractivity contribution in [3.63, 3.8) is 0 Å². The van der Waals surface area contributed by atoms with Crippen LogP contribution in [0.15, 0.2) is 43.0 Å². The van der Waals surface area contributed by atoms with Crippen LogP contribution in [0.1, 0.15) is 12.8 Å². The second kappa shape index (κ2) is 3.76. The molecule has 0 atom stereocenters. The minimum atomic E-state index is 0.0194. The number of aromatic nitrogens is 3. The summed E-state index contributed by atoms with van der Waals surface area (Å²) in [6, 6.07) is 9.92. The van der Waals surface area contributed by atoms with Gasteiger partial charge in [0.25, 0.3) is 0 Å². The largest absolute Gasteiger partial charge is 0.225 e. The Labute approximate surface area is 77.9 Å². The molecule has 3 nitrogen and oxygen atoms in total. The fraction of sp³-hybridized carbons (Fsp3) is 0.100. The second-order valence-electron chi connectivity index (χ2n) is 2.66. The van der Waals surface area contributed by atoms with Crippen LogP contribution >= 0.6 is 0 Å². The van der Waals surface area contributed by atoms with Crippen molar-refractivity contribution in [3.8, 4) is 0 Å². The fourth-order valence-electron chi connectivity index (χ4n) is 1.10. The molecule has 1 aromatic carbocycles. The summed E-state index contributed by atoms with van der Waals surface area (Å²) >= 11 is 0. The molecule has 0 N–H and O–H groups in total. The van der Waals surface area contributed by atoms with Crippen molar-refractivity contribution in [3.05, 3.63) is 54.4 Å². The summed E-state index contributed by atoms with van der Waals surface area (Å²) < 4.78 is 7.24. The molecule has 2 rings (SSSR count). The maximum absolute atomic E-state index is 7.24. The van der Waals surface area contributed by atoms with E-state index in [2.05, 4.69) is 15.0 Å². The molecule has 2 aromatic rings. The van der Waals surface area contributed by atoms with Crippen molar-refractivity contribution in [2.75, 3.05) is 0 Å². The summed E-state index contributed by atoms with van der Waals surface area (Å²) in [6.07, 6.45) is 2.04. The van der Waals surface area contributed by atoms with E-state index in [-0.39, 0.29) is 6.30 Å². The molecule has 0 radical (unpaired) electrons. The van der Waals surface area contributed by atoms with Gasteiger partial charge >= 0.3 is 0 Å². The molecule has 0 aliphatic heterocycles. The van der Waals surface area contributed by atoms with E-state index in [0.717, 1.165) is 5.56 Å². The molecule has 0 amide bonds. The monoisotopic (exact) mass is 173 g/mol. The van der Waals surface area contributed by atoms with Crippen LogP contribution in [0.3, 0.4) is 0 Å². The molecule has 0 saturated carbocycles. The highest BCUT2D eigenvalue weighted by Gasteiger charge is 1.95. The Morgan fingerprint density at radius 3 is 2.77 bits per heavy atom. The Kier molecular flexibility index (Phi) is 1.94. The van der Waals surface area contributed by atoms with Gasteiger partial charge in [0.1, 0.15) is 19.8 Å². The molecule has 0 bridgehead atoms. The number of hydrogen-bond donors (Lipinski definition) is 0. The van der Waals surface area contributed by atoms with Gasteiger partial charge in [-0.2, -0.15) is 0 Å². The average Bonchev–Trinajstić information content (AvgIpc) is 2.19. The van der Waals surface area contributed by atoms with Crippen LogP contribution in [0.5, 0.6) is 0 Å². The normalized spacial score (nSPS) is 10.9. The summed E-state index contributed by atoms with van der Waals surface area (Å²) in [6.45, 7) is 0. The molecule has 0 aliphatic rings. The Bertz CT molecular complexity index is 417. The molecule has 3 heteroatoms. The molecule has 0 aliphatic carbocycles. The van der Waals surface area contributed by atoms with Crippen LogP contribution in [-0.4, -0.2) is 15.0 Å². The van der Waals surface area contributed by atoms with E-state index >= 15 is 0 Å². The molecule has 64 valence electrons. The lowest BCUT2D eigenvalue weighted by Crippen LogP contribution is -1.95. The van der Waals surface area contributed by atoms with Crippen molar-refractivity contribution in [1.82, 2.24) is 15.0 Å².